The second-order valence-corrected chi connectivity index (χ2v) is 11.5. The summed E-state index contributed by atoms with van der Waals surface area (Å²) in [5, 5.41) is 11.4. The molecule has 44 heavy (non-hydrogen) atoms. The summed E-state index contributed by atoms with van der Waals surface area (Å²) in [6.07, 6.45) is 5.67. The Morgan fingerprint density at radius 1 is 0.909 bits per heavy atom. The molecular weight excluding hydrogens is 560 g/mol. The molecule has 7 rings (SSSR count). The molecule has 2 atom stereocenters. The number of ether oxygens (including phenoxy) is 2. The Balaban J connectivity index is 1.17. The summed E-state index contributed by atoms with van der Waals surface area (Å²) in [5.74, 6) is 1.46. The largest absolute Gasteiger partial charge is 0.450 e. The van der Waals surface area contributed by atoms with Crippen LogP contribution in [0.1, 0.15) is 38.6 Å². The highest BCUT2D eigenvalue weighted by Crippen LogP contribution is 2.35. The van der Waals surface area contributed by atoms with Crippen LogP contribution < -0.4 is 15.5 Å². The number of carbonyl (C=O) groups excluding carboxylic acids is 2. The van der Waals surface area contributed by atoms with E-state index in [1.807, 2.05) is 72.4 Å². The lowest BCUT2D eigenvalue weighted by atomic mass is 10.1. The number of rotatable bonds is 6. The number of anilines is 3. The third-order valence-electron chi connectivity index (χ3n) is 8.55. The van der Waals surface area contributed by atoms with Crippen LogP contribution in [-0.2, 0) is 9.47 Å². The maximum atomic E-state index is 12.5. The monoisotopic (exact) mass is 596 g/mol. The molecule has 2 unspecified atom stereocenters. The molecule has 3 aliphatic rings. The van der Waals surface area contributed by atoms with E-state index in [0.717, 1.165) is 66.9 Å². The van der Waals surface area contributed by atoms with E-state index in [4.69, 9.17) is 24.5 Å². The van der Waals surface area contributed by atoms with E-state index in [9.17, 15) is 9.59 Å². The number of nitrogens with zero attached hydrogens (tertiary/aromatic N) is 6. The van der Waals surface area contributed by atoms with Crippen LogP contribution in [0.5, 0.6) is 0 Å². The lowest BCUT2D eigenvalue weighted by molar-refractivity contribution is 0.0303. The molecule has 3 aliphatic heterocycles. The van der Waals surface area contributed by atoms with Crippen molar-refractivity contribution in [2.75, 3.05) is 48.3 Å². The average Bonchev–Trinajstić information content (AvgIpc) is 3.63. The van der Waals surface area contributed by atoms with Crippen LogP contribution in [0.25, 0.3) is 22.4 Å². The predicted octanol–water partition coefficient (Wildman–Crippen LogP) is 5.30. The Kier molecular flexibility index (Phi) is 7.73. The zero-order valence-corrected chi connectivity index (χ0v) is 24.7. The van der Waals surface area contributed by atoms with Gasteiger partial charge >= 0.3 is 12.1 Å². The van der Waals surface area contributed by atoms with E-state index in [1.165, 1.54) is 0 Å². The standard InChI is InChI=1S/C32H36N8O4/c1-2-43-32(42)38-16-14-24(15-17-38)40-30-27(18-33-40)29(39-19-25-12-13-26(20-39)44-25)36-28(37-30)21-8-10-23(11-9-21)35-31(41)34-22-6-4-3-5-7-22/h3-11,18,24-26H,2,12-17,19-20H2,1H3,(H2,34,35,41). The van der Waals surface area contributed by atoms with Gasteiger partial charge in [-0.3, -0.25) is 0 Å². The normalized spacial score (nSPS) is 20.1. The molecule has 0 aliphatic carbocycles. The Bertz CT molecular complexity index is 1620. The van der Waals surface area contributed by atoms with Gasteiger partial charge in [-0.1, -0.05) is 18.2 Å². The summed E-state index contributed by atoms with van der Waals surface area (Å²) in [4.78, 5) is 39.0. The van der Waals surface area contributed by atoms with Crippen LogP contribution in [0.2, 0.25) is 0 Å². The van der Waals surface area contributed by atoms with Gasteiger partial charge in [0.1, 0.15) is 5.82 Å². The molecule has 0 radical (unpaired) electrons. The molecule has 3 saturated heterocycles. The van der Waals surface area contributed by atoms with Crippen LogP contribution in [0.15, 0.2) is 60.8 Å². The first-order valence-corrected chi connectivity index (χ1v) is 15.3. The summed E-state index contributed by atoms with van der Waals surface area (Å²) in [7, 11) is 0. The molecular formula is C32H36N8O4. The molecule has 2 bridgehead atoms. The van der Waals surface area contributed by atoms with E-state index in [1.54, 1.807) is 4.90 Å². The smallest absolute Gasteiger partial charge is 0.409 e. The van der Waals surface area contributed by atoms with Crippen molar-refractivity contribution < 1.29 is 19.1 Å². The van der Waals surface area contributed by atoms with Crippen molar-refractivity contribution in [3.63, 3.8) is 0 Å². The van der Waals surface area contributed by atoms with Gasteiger partial charge in [0.15, 0.2) is 11.5 Å². The van der Waals surface area contributed by atoms with Crippen molar-refractivity contribution in [2.24, 2.45) is 0 Å². The lowest BCUT2D eigenvalue weighted by Crippen LogP contribution is -2.43. The summed E-state index contributed by atoms with van der Waals surface area (Å²) in [6.45, 7) is 4.97. The fraction of sp³-hybridized carbons (Fsp3) is 0.406. The molecule has 2 N–H and O–H groups in total. The number of carbonyl (C=O) groups is 2. The number of likely N-dealkylation sites (tertiary alicyclic amines) is 1. The molecule has 0 spiro atoms. The molecule has 3 fully saturated rings. The second-order valence-electron chi connectivity index (χ2n) is 11.5. The van der Waals surface area contributed by atoms with Gasteiger partial charge in [-0.25, -0.2) is 24.2 Å². The number of para-hydroxylation sites is 1. The zero-order chi connectivity index (χ0) is 30.0. The molecule has 2 aromatic heterocycles. The van der Waals surface area contributed by atoms with Crippen molar-refractivity contribution in [3.8, 4) is 11.4 Å². The fourth-order valence-electron chi connectivity index (χ4n) is 6.36. The number of hydrogen-bond acceptors (Lipinski definition) is 8. The number of fused-ring (bicyclic) bond motifs is 3. The van der Waals surface area contributed by atoms with Crippen LogP contribution in [-0.4, -0.2) is 81.8 Å². The minimum Gasteiger partial charge on any atom is -0.450 e. The van der Waals surface area contributed by atoms with Crippen LogP contribution in [0.4, 0.5) is 26.8 Å². The van der Waals surface area contributed by atoms with E-state index in [0.29, 0.717) is 31.2 Å². The van der Waals surface area contributed by atoms with Gasteiger partial charge in [-0.05, 0) is 69.0 Å². The highest BCUT2D eigenvalue weighted by molar-refractivity contribution is 5.99. The number of morpholine rings is 1. The molecule has 5 heterocycles. The average molecular weight is 597 g/mol. The Hall–Kier alpha value is -4.71. The van der Waals surface area contributed by atoms with E-state index < -0.39 is 0 Å². The number of benzene rings is 2. The SMILES string of the molecule is CCOC(=O)N1CCC(n2ncc3c(N4CC5CCC(C4)O5)nc(-c4ccc(NC(=O)Nc5ccccc5)cc4)nc32)CC1. The first kappa shape index (κ1) is 28.1. The van der Waals surface area contributed by atoms with Crippen molar-refractivity contribution in [3.05, 3.63) is 60.8 Å². The number of hydrogen-bond donors (Lipinski definition) is 2. The van der Waals surface area contributed by atoms with Gasteiger partial charge in [0.05, 0.1) is 36.4 Å². The number of aromatic nitrogens is 4. The molecule has 228 valence electrons. The summed E-state index contributed by atoms with van der Waals surface area (Å²) in [6, 6.07) is 16.6. The number of urea groups is 1. The van der Waals surface area contributed by atoms with Crippen molar-refractivity contribution >= 4 is 40.4 Å². The first-order valence-electron chi connectivity index (χ1n) is 15.3. The highest BCUT2D eigenvalue weighted by atomic mass is 16.6. The first-order chi connectivity index (χ1) is 21.5. The second kappa shape index (κ2) is 12.1. The van der Waals surface area contributed by atoms with Crippen LogP contribution in [0, 0.1) is 0 Å². The lowest BCUT2D eigenvalue weighted by Gasteiger charge is -2.33. The Labute approximate surface area is 255 Å². The van der Waals surface area contributed by atoms with Gasteiger partial charge in [-0.15, -0.1) is 0 Å². The van der Waals surface area contributed by atoms with Crippen molar-refractivity contribution in [1.82, 2.24) is 24.6 Å². The fourth-order valence-corrected chi connectivity index (χ4v) is 6.36. The summed E-state index contributed by atoms with van der Waals surface area (Å²) in [5.41, 5.74) is 2.99. The predicted molar refractivity (Wildman–Crippen MR) is 167 cm³/mol. The number of amides is 3. The summed E-state index contributed by atoms with van der Waals surface area (Å²) >= 11 is 0. The minimum absolute atomic E-state index is 0.101. The van der Waals surface area contributed by atoms with Crippen LogP contribution in [0.3, 0.4) is 0 Å². The zero-order valence-electron chi connectivity index (χ0n) is 24.7. The molecule has 3 amide bonds. The van der Waals surface area contributed by atoms with Gasteiger partial charge in [0.2, 0.25) is 0 Å². The third-order valence-corrected chi connectivity index (χ3v) is 8.55. The Morgan fingerprint density at radius 3 is 2.27 bits per heavy atom. The Morgan fingerprint density at radius 2 is 1.59 bits per heavy atom. The van der Waals surface area contributed by atoms with E-state index in [2.05, 4.69) is 15.5 Å². The molecule has 4 aromatic rings. The van der Waals surface area contributed by atoms with E-state index in [-0.39, 0.29) is 30.4 Å². The van der Waals surface area contributed by atoms with Gasteiger partial charge in [0.25, 0.3) is 0 Å². The van der Waals surface area contributed by atoms with Gasteiger partial charge in [0, 0.05) is 43.1 Å². The van der Waals surface area contributed by atoms with Gasteiger partial charge in [-0.2, -0.15) is 5.10 Å². The van der Waals surface area contributed by atoms with Gasteiger partial charge < -0.3 is 29.9 Å². The summed E-state index contributed by atoms with van der Waals surface area (Å²) < 4.78 is 13.3. The topological polar surface area (TPSA) is 127 Å². The van der Waals surface area contributed by atoms with E-state index >= 15 is 0 Å². The molecule has 2 aromatic carbocycles. The number of piperidine rings is 1. The van der Waals surface area contributed by atoms with Crippen molar-refractivity contribution in [1.29, 1.82) is 0 Å². The minimum atomic E-state index is -0.316. The molecule has 0 saturated carbocycles. The molecule has 12 heteroatoms. The van der Waals surface area contributed by atoms with Crippen molar-refractivity contribution in [2.45, 2.75) is 50.9 Å². The quantitative estimate of drug-likeness (QED) is 0.307. The molecule has 12 nitrogen and oxygen atoms in total. The maximum absolute atomic E-state index is 12.5. The maximum Gasteiger partial charge on any atom is 0.409 e. The number of nitrogens with one attached hydrogen (secondary N) is 2. The third kappa shape index (κ3) is 5.77. The highest BCUT2D eigenvalue weighted by Gasteiger charge is 2.36. The van der Waals surface area contributed by atoms with Crippen LogP contribution >= 0.6 is 0 Å².